The van der Waals surface area contributed by atoms with Crippen LogP contribution in [0.2, 0.25) is 0 Å². The molecule has 5 heteroatoms. The second kappa shape index (κ2) is 7.86. The first-order chi connectivity index (χ1) is 14.2. The molecule has 3 aromatic rings. The van der Waals surface area contributed by atoms with Crippen molar-refractivity contribution in [2.24, 2.45) is 0 Å². The summed E-state index contributed by atoms with van der Waals surface area (Å²) in [6.07, 6.45) is 5.81. The zero-order valence-corrected chi connectivity index (χ0v) is 18.3. The Labute approximate surface area is 180 Å². The van der Waals surface area contributed by atoms with Crippen LogP contribution in [-0.4, -0.2) is 31.2 Å². The van der Waals surface area contributed by atoms with Crippen molar-refractivity contribution in [3.05, 3.63) is 58.2 Å². The van der Waals surface area contributed by atoms with E-state index in [1.807, 2.05) is 6.07 Å². The molecule has 1 aliphatic heterocycles. The van der Waals surface area contributed by atoms with E-state index in [2.05, 4.69) is 62.5 Å². The van der Waals surface area contributed by atoms with Crippen molar-refractivity contribution in [2.45, 2.75) is 38.1 Å². The summed E-state index contributed by atoms with van der Waals surface area (Å²) in [5, 5.41) is 5.11. The standard InChI is InChI=1S/C24H26BrN3O/c1-29-19-9-10-23-21(14-19)24(20-7-2-3-8-22(20)27-23)26-17-11-12-28(15-17)18-6-4-5-16(25)13-18/h4-6,9-10,13-14,17H,2-3,7-8,11-12,15H2,1H3,(H,26,27). The summed E-state index contributed by atoms with van der Waals surface area (Å²) in [6, 6.07) is 15.3. The number of aromatic nitrogens is 1. The summed E-state index contributed by atoms with van der Waals surface area (Å²) in [5.41, 5.74) is 6.32. The molecule has 1 saturated heterocycles. The van der Waals surface area contributed by atoms with Gasteiger partial charge in [-0.25, -0.2) is 0 Å². The van der Waals surface area contributed by atoms with Gasteiger partial charge < -0.3 is 15.0 Å². The van der Waals surface area contributed by atoms with Gasteiger partial charge in [0.1, 0.15) is 5.75 Å². The lowest BCUT2D eigenvalue weighted by molar-refractivity contribution is 0.415. The van der Waals surface area contributed by atoms with Crippen molar-refractivity contribution in [3.8, 4) is 5.75 Å². The monoisotopic (exact) mass is 451 g/mol. The smallest absolute Gasteiger partial charge is 0.119 e. The fourth-order valence-corrected chi connectivity index (χ4v) is 5.07. The Morgan fingerprint density at radius 2 is 2.03 bits per heavy atom. The minimum absolute atomic E-state index is 0.428. The van der Waals surface area contributed by atoms with Gasteiger partial charge in [-0.3, -0.25) is 4.98 Å². The number of halogens is 1. The van der Waals surface area contributed by atoms with Crippen LogP contribution in [0.1, 0.15) is 30.5 Å². The summed E-state index contributed by atoms with van der Waals surface area (Å²) in [7, 11) is 1.73. The Kier molecular flexibility index (Phi) is 5.08. The van der Waals surface area contributed by atoms with E-state index in [-0.39, 0.29) is 0 Å². The second-order valence-electron chi connectivity index (χ2n) is 8.06. The van der Waals surface area contributed by atoms with E-state index in [1.54, 1.807) is 7.11 Å². The second-order valence-corrected chi connectivity index (χ2v) is 8.97. The topological polar surface area (TPSA) is 37.4 Å². The van der Waals surface area contributed by atoms with Gasteiger partial charge in [-0.15, -0.1) is 0 Å². The number of benzene rings is 2. The first-order valence-corrected chi connectivity index (χ1v) is 11.3. The Morgan fingerprint density at radius 3 is 2.90 bits per heavy atom. The van der Waals surface area contributed by atoms with Crippen LogP contribution >= 0.6 is 15.9 Å². The van der Waals surface area contributed by atoms with Gasteiger partial charge in [-0.2, -0.15) is 0 Å². The van der Waals surface area contributed by atoms with E-state index in [9.17, 15) is 0 Å². The first kappa shape index (κ1) is 18.7. The van der Waals surface area contributed by atoms with Crippen molar-refractivity contribution < 1.29 is 4.74 Å². The van der Waals surface area contributed by atoms with Crippen LogP contribution in [0.5, 0.6) is 5.75 Å². The quantitative estimate of drug-likeness (QED) is 0.561. The molecule has 0 radical (unpaired) electrons. The number of pyridine rings is 1. The lowest BCUT2D eigenvalue weighted by Crippen LogP contribution is -2.27. The van der Waals surface area contributed by atoms with Gasteiger partial charge in [0.05, 0.1) is 12.6 Å². The predicted molar refractivity (Wildman–Crippen MR) is 123 cm³/mol. The predicted octanol–water partition coefficient (Wildman–Crippen LogP) is 5.58. The van der Waals surface area contributed by atoms with Crippen molar-refractivity contribution in [1.29, 1.82) is 0 Å². The molecular weight excluding hydrogens is 426 g/mol. The van der Waals surface area contributed by atoms with Crippen LogP contribution in [0, 0.1) is 0 Å². The van der Waals surface area contributed by atoms with Crippen molar-refractivity contribution >= 4 is 38.2 Å². The highest BCUT2D eigenvalue weighted by Gasteiger charge is 2.26. The SMILES string of the molecule is COc1ccc2nc3c(c(NC4CCN(c5cccc(Br)c5)C4)c2c1)CCCC3. The molecule has 1 unspecified atom stereocenters. The summed E-state index contributed by atoms with van der Waals surface area (Å²) in [6.45, 7) is 2.08. The van der Waals surface area contributed by atoms with E-state index in [0.717, 1.165) is 48.1 Å². The summed E-state index contributed by atoms with van der Waals surface area (Å²) in [5.74, 6) is 0.889. The number of ether oxygens (including phenoxy) is 1. The normalized spacial score (nSPS) is 18.7. The number of hydrogen-bond acceptors (Lipinski definition) is 4. The highest BCUT2D eigenvalue weighted by atomic mass is 79.9. The molecule has 1 fully saturated rings. The molecule has 5 rings (SSSR count). The third-order valence-electron chi connectivity index (χ3n) is 6.18. The van der Waals surface area contributed by atoms with Crippen LogP contribution in [0.15, 0.2) is 46.9 Å². The molecule has 0 amide bonds. The molecule has 1 aliphatic carbocycles. The zero-order valence-electron chi connectivity index (χ0n) is 16.7. The molecule has 2 heterocycles. The van der Waals surface area contributed by atoms with E-state index in [1.165, 1.54) is 40.9 Å². The van der Waals surface area contributed by atoms with Crippen molar-refractivity contribution in [2.75, 3.05) is 30.4 Å². The summed E-state index contributed by atoms with van der Waals surface area (Å²) in [4.78, 5) is 7.46. The van der Waals surface area contributed by atoms with E-state index in [0.29, 0.717) is 6.04 Å². The number of aryl methyl sites for hydroxylation is 1. The van der Waals surface area contributed by atoms with Crippen molar-refractivity contribution in [3.63, 3.8) is 0 Å². The van der Waals surface area contributed by atoms with Gasteiger partial charge >= 0.3 is 0 Å². The molecule has 2 aromatic carbocycles. The average molecular weight is 452 g/mol. The molecule has 29 heavy (non-hydrogen) atoms. The molecule has 1 atom stereocenters. The third kappa shape index (κ3) is 3.68. The van der Waals surface area contributed by atoms with Crippen LogP contribution in [0.4, 0.5) is 11.4 Å². The minimum Gasteiger partial charge on any atom is -0.497 e. The molecule has 2 aliphatic rings. The van der Waals surface area contributed by atoms with Gasteiger partial charge in [0, 0.05) is 46.1 Å². The third-order valence-corrected chi connectivity index (χ3v) is 6.67. The van der Waals surface area contributed by atoms with E-state index < -0.39 is 0 Å². The molecule has 0 saturated carbocycles. The highest BCUT2D eigenvalue weighted by molar-refractivity contribution is 9.10. The average Bonchev–Trinajstić information content (AvgIpc) is 3.22. The largest absolute Gasteiger partial charge is 0.497 e. The number of nitrogens with one attached hydrogen (secondary N) is 1. The van der Waals surface area contributed by atoms with Gasteiger partial charge in [0.2, 0.25) is 0 Å². The van der Waals surface area contributed by atoms with Crippen molar-refractivity contribution in [1.82, 2.24) is 4.98 Å². The van der Waals surface area contributed by atoms with Gasteiger partial charge in [-0.1, -0.05) is 22.0 Å². The molecule has 1 aromatic heterocycles. The van der Waals surface area contributed by atoms with Crippen LogP contribution in [0.3, 0.4) is 0 Å². The first-order valence-electron chi connectivity index (χ1n) is 10.5. The zero-order chi connectivity index (χ0) is 19.8. The fourth-order valence-electron chi connectivity index (χ4n) is 4.68. The molecule has 1 N–H and O–H groups in total. The fraction of sp³-hybridized carbons (Fsp3) is 0.375. The maximum Gasteiger partial charge on any atom is 0.119 e. The number of fused-ring (bicyclic) bond motifs is 2. The number of hydrogen-bond donors (Lipinski definition) is 1. The highest BCUT2D eigenvalue weighted by Crippen LogP contribution is 2.36. The molecule has 150 valence electrons. The van der Waals surface area contributed by atoms with Gasteiger partial charge in [-0.05, 0) is 74.1 Å². The van der Waals surface area contributed by atoms with Crippen LogP contribution in [-0.2, 0) is 12.8 Å². The molecule has 0 spiro atoms. The summed E-state index contributed by atoms with van der Waals surface area (Å²) >= 11 is 3.60. The number of nitrogens with zero attached hydrogens (tertiary/aromatic N) is 2. The van der Waals surface area contributed by atoms with Crippen LogP contribution in [0.25, 0.3) is 10.9 Å². The Morgan fingerprint density at radius 1 is 1.14 bits per heavy atom. The maximum atomic E-state index is 5.51. The lowest BCUT2D eigenvalue weighted by Gasteiger charge is -2.25. The molecule has 0 bridgehead atoms. The number of methoxy groups -OCH3 is 1. The maximum absolute atomic E-state index is 5.51. The molecule has 4 nitrogen and oxygen atoms in total. The van der Waals surface area contributed by atoms with Gasteiger partial charge in [0.25, 0.3) is 0 Å². The minimum atomic E-state index is 0.428. The summed E-state index contributed by atoms with van der Waals surface area (Å²) < 4.78 is 6.64. The Balaban J connectivity index is 1.48. The number of rotatable bonds is 4. The van der Waals surface area contributed by atoms with Crippen LogP contribution < -0.4 is 15.0 Å². The lowest BCUT2D eigenvalue weighted by atomic mass is 9.92. The van der Waals surface area contributed by atoms with E-state index >= 15 is 0 Å². The Bertz CT molecular complexity index is 1050. The Hall–Kier alpha value is -2.27. The van der Waals surface area contributed by atoms with Gasteiger partial charge in [0.15, 0.2) is 0 Å². The molecular formula is C24H26BrN3O. The number of anilines is 2. The van der Waals surface area contributed by atoms with E-state index in [4.69, 9.17) is 9.72 Å².